The lowest BCUT2D eigenvalue weighted by atomic mass is 9.99. The lowest BCUT2D eigenvalue weighted by Gasteiger charge is -2.27. The summed E-state index contributed by atoms with van der Waals surface area (Å²) in [5, 5.41) is 7.80. The van der Waals surface area contributed by atoms with Gasteiger partial charge in [0, 0.05) is 11.3 Å². The summed E-state index contributed by atoms with van der Waals surface area (Å²) >= 11 is 3.61. The number of carbonyl (C=O) groups excluding carboxylic acids is 1. The number of hydrogen-bond acceptors (Lipinski definition) is 4. The lowest BCUT2D eigenvalue weighted by molar-refractivity contribution is -0.133. The highest BCUT2D eigenvalue weighted by molar-refractivity contribution is 8.00. The minimum atomic E-state index is -0.416. The van der Waals surface area contributed by atoms with E-state index in [0.29, 0.717) is 4.75 Å². The van der Waals surface area contributed by atoms with Gasteiger partial charge in [-0.25, -0.2) is 0 Å². The van der Waals surface area contributed by atoms with E-state index in [1.54, 1.807) is 11.3 Å². The third-order valence-electron chi connectivity index (χ3n) is 4.77. The number of hydrogen-bond donors (Lipinski definition) is 1. The second-order valence-electron chi connectivity index (χ2n) is 6.11. The van der Waals surface area contributed by atoms with Gasteiger partial charge >= 0.3 is 0 Å². The summed E-state index contributed by atoms with van der Waals surface area (Å²) in [4.78, 5) is 14.9. The third kappa shape index (κ3) is 2.30. The van der Waals surface area contributed by atoms with Crippen molar-refractivity contribution in [2.75, 3.05) is 12.8 Å². The Hall–Kier alpha value is -0.520. The van der Waals surface area contributed by atoms with Crippen molar-refractivity contribution in [2.45, 2.75) is 49.6 Å². The number of rotatable bonds is 5. The van der Waals surface area contributed by atoms with Gasteiger partial charge in [-0.15, -0.1) is 0 Å². The summed E-state index contributed by atoms with van der Waals surface area (Å²) in [5.74, 6) is 0.261. The maximum absolute atomic E-state index is 12.8. The number of carbonyl (C=O) groups is 1. The molecule has 2 heterocycles. The van der Waals surface area contributed by atoms with Crippen LogP contribution < -0.4 is 5.32 Å². The van der Waals surface area contributed by atoms with E-state index in [9.17, 15) is 4.79 Å². The van der Waals surface area contributed by atoms with Crippen LogP contribution in [0.3, 0.4) is 0 Å². The topological polar surface area (TPSA) is 32.3 Å². The number of thiophene rings is 1. The van der Waals surface area contributed by atoms with E-state index in [-0.39, 0.29) is 12.1 Å². The Bertz CT molecular complexity index is 498. The molecule has 20 heavy (non-hydrogen) atoms. The Morgan fingerprint density at radius 1 is 1.55 bits per heavy atom. The predicted octanol–water partition coefficient (Wildman–Crippen LogP) is 3.24. The number of thioether (sulfide) groups is 1. The Morgan fingerprint density at radius 2 is 2.30 bits per heavy atom. The third-order valence-corrected chi connectivity index (χ3v) is 6.87. The normalized spacial score (nSPS) is 31.9. The fraction of sp³-hybridized carbons (Fsp3) is 0.667. The van der Waals surface area contributed by atoms with Gasteiger partial charge in [0.1, 0.15) is 6.17 Å². The van der Waals surface area contributed by atoms with E-state index in [0.717, 1.165) is 13.0 Å². The molecule has 1 saturated heterocycles. The minimum Gasteiger partial charge on any atom is -0.320 e. The Balaban J connectivity index is 1.88. The van der Waals surface area contributed by atoms with Gasteiger partial charge in [0.25, 0.3) is 0 Å². The molecule has 1 aromatic heterocycles. The molecule has 1 aliphatic carbocycles. The molecule has 2 atom stereocenters. The second kappa shape index (κ2) is 5.04. The summed E-state index contributed by atoms with van der Waals surface area (Å²) in [5.41, 5.74) is 0.804. The first kappa shape index (κ1) is 14.4. The summed E-state index contributed by atoms with van der Waals surface area (Å²) in [7, 11) is 0. The van der Waals surface area contributed by atoms with Crippen molar-refractivity contribution in [1.29, 1.82) is 0 Å². The summed E-state index contributed by atoms with van der Waals surface area (Å²) in [6.07, 6.45) is 5.51. The maximum Gasteiger partial charge on any atom is 0.244 e. The number of amides is 1. The van der Waals surface area contributed by atoms with Crippen LogP contribution >= 0.6 is 23.1 Å². The molecule has 1 amide bonds. The molecule has 0 radical (unpaired) electrons. The van der Waals surface area contributed by atoms with E-state index in [1.165, 1.54) is 18.4 Å². The van der Waals surface area contributed by atoms with E-state index in [4.69, 9.17) is 0 Å². The fourth-order valence-electron chi connectivity index (χ4n) is 2.86. The van der Waals surface area contributed by atoms with Gasteiger partial charge in [-0.3, -0.25) is 10.1 Å². The van der Waals surface area contributed by atoms with Gasteiger partial charge in [0.2, 0.25) is 5.91 Å². The van der Waals surface area contributed by atoms with Crippen LogP contribution in [0.15, 0.2) is 16.8 Å². The molecule has 2 unspecified atom stereocenters. The van der Waals surface area contributed by atoms with Crippen LogP contribution in [-0.2, 0) is 4.79 Å². The molecular formula is C15H22N2OS2. The molecule has 1 saturated carbocycles. The van der Waals surface area contributed by atoms with Crippen molar-refractivity contribution in [3.8, 4) is 0 Å². The van der Waals surface area contributed by atoms with Crippen LogP contribution in [0.1, 0.15) is 44.8 Å². The van der Waals surface area contributed by atoms with E-state index >= 15 is 0 Å². The van der Waals surface area contributed by atoms with Crippen molar-refractivity contribution in [3.63, 3.8) is 0 Å². The first-order valence-electron chi connectivity index (χ1n) is 7.20. The zero-order chi connectivity index (χ0) is 14.4. The number of nitrogens with zero attached hydrogens (tertiary/aromatic N) is 1. The molecule has 0 bridgehead atoms. The van der Waals surface area contributed by atoms with Gasteiger partial charge in [-0.05, 0) is 54.8 Å². The molecule has 110 valence electrons. The van der Waals surface area contributed by atoms with Crippen LogP contribution in [0, 0.1) is 0 Å². The van der Waals surface area contributed by atoms with Gasteiger partial charge in [0.15, 0.2) is 0 Å². The van der Waals surface area contributed by atoms with Crippen molar-refractivity contribution in [2.24, 2.45) is 0 Å². The Kier molecular flexibility index (Phi) is 3.63. The van der Waals surface area contributed by atoms with E-state index in [1.807, 2.05) is 18.7 Å². The van der Waals surface area contributed by atoms with Crippen LogP contribution in [0.4, 0.5) is 0 Å². The molecule has 0 aromatic carbocycles. The largest absolute Gasteiger partial charge is 0.320 e. The molecule has 3 rings (SSSR count). The van der Waals surface area contributed by atoms with Gasteiger partial charge in [0.05, 0.1) is 5.54 Å². The molecule has 2 fully saturated rings. The highest BCUT2D eigenvalue weighted by Gasteiger charge is 2.52. The number of nitrogens with one attached hydrogen (secondary N) is 1. The van der Waals surface area contributed by atoms with Crippen molar-refractivity contribution < 1.29 is 4.79 Å². The molecule has 1 aromatic rings. The average molecular weight is 310 g/mol. The molecule has 1 N–H and O–H groups in total. The zero-order valence-electron chi connectivity index (χ0n) is 12.3. The monoisotopic (exact) mass is 310 g/mol. The van der Waals surface area contributed by atoms with Crippen molar-refractivity contribution >= 4 is 29.0 Å². The molecule has 2 aliphatic rings. The SMILES string of the molecule is CCC1(C)NC(c2ccsc2)N(CC2(SC)CC2)C1=O. The van der Waals surface area contributed by atoms with Crippen LogP contribution in [0.5, 0.6) is 0 Å². The Morgan fingerprint density at radius 3 is 2.80 bits per heavy atom. The highest BCUT2D eigenvalue weighted by Crippen LogP contribution is 2.49. The average Bonchev–Trinajstić information content (AvgIpc) is 2.93. The van der Waals surface area contributed by atoms with Crippen LogP contribution in [0.25, 0.3) is 0 Å². The zero-order valence-corrected chi connectivity index (χ0v) is 13.9. The maximum atomic E-state index is 12.8. The Labute approximate surface area is 129 Å². The van der Waals surface area contributed by atoms with Crippen LogP contribution in [-0.4, -0.2) is 33.9 Å². The fourth-order valence-corrected chi connectivity index (χ4v) is 4.32. The highest BCUT2D eigenvalue weighted by atomic mass is 32.2. The predicted molar refractivity (Wildman–Crippen MR) is 86.1 cm³/mol. The molecule has 1 aliphatic heterocycles. The first-order chi connectivity index (χ1) is 9.53. The van der Waals surface area contributed by atoms with E-state index in [2.05, 4.69) is 40.2 Å². The van der Waals surface area contributed by atoms with E-state index < -0.39 is 5.54 Å². The standard InChI is InChI=1S/C15H22N2OS2/c1-4-14(2)13(18)17(10-15(19-3)6-7-15)12(16-14)11-5-8-20-9-11/h5,8-9,12,16H,4,6-7,10H2,1-3H3. The van der Waals surface area contributed by atoms with Gasteiger partial charge < -0.3 is 4.90 Å². The van der Waals surface area contributed by atoms with Crippen molar-refractivity contribution in [1.82, 2.24) is 10.2 Å². The van der Waals surface area contributed by atoms with Gasteiger partial charge in [-0.2, -0.15) is 23.1 Å². The smallest absolute Gasteiger partial charge is 0.244 e. The van der Waals surface area contributed by atoms with Crippen LogP contribution in [0.2, 0.25) is 0 Å². The molecule has 5 heteroatoms. The summed E-state index contributed by atoms with van der Waals surface area (Å²) in [6.45, 7) is 4.99. The lowest BCUT2D eigenvalue weighted by Crippen LogP contribution is -2.43. The summed E-state index contributed by atoms with van der Waals surface area (Å²) < 4.78 is 0.310. The quantitative estimate of drug-likeness (QED) is 0.906. The molecular weight excluding hydrogens is 288 g/mol. The van der Waals surface area contributed by atoms with Gasteiger partial charge in [-0.1, -0.05) is 6.92 Å². The van der Waals surface area contributed by atoms with Crippen molar-refractivity contribution in [3.05, 3.63) is 22.4 Å². The summed E-state index contributed by atoms with van der Waals surface area (Å²) in [6, 6.07) is 2.13. The molecule has 3 nitrogen and oxygen atoms in total. The first-order valence-corrected chi connectivity index (χ1v) is 9.36. The second-order valence-corrected chi connectivity index (χ2v) is 8.16. The minimum absolute atomic E-state index is 0.0447. The molecule has 0 spiro atoms.